The minimum absolute atomic E-state index is 0.00592. The van der Waals surface area contributed by atoms with Crippen molar-refractivity contribution >= 4 is 11.8 Å². The van der Waals surface area contributed by atoms with Gasteiger partial charge in [-0.25, -0.2) is 0 Å². The first-order valence-corrected chi connectivity index (χ1v) is 9.85. The predicted octanol–water partition coefficient (Wildman–Crippen LogP) is 2.66. The van der Waals surface area contributed by atoms with Crippen LogP contribution in [-0.4, -0.2) is 54.0 Å². The fraction of sp³-hybridized carbons (Fsp3) is 0.409. The first-order valence-electron chi connectivity index (χ1n) is 9.85. The van der Waals surface area contributed by atoms with Crippen LogP contribution in [0.15, 0.2) is 42.7 Å². The topological polar surface area (TPSA) is 80.8 Å². The Kier molecular flexibility index (Phi) is 5.38. The average molecular weight is 395 g/mol. The third-order valence-electron chi connectivity index (χ3n) is 5.84. The number of nitrogens with one attached hydrogen (secondary N) is 1. The third-order valence-corrected chi connectivity index (χ3v) is 5.84. The van der Waals surface area contributed by atoms with E-state index in [1.54, 1.807) is 56.9 Å². The molecular formula is C22H25N3O4. The van der Waals surface area contributed by atoms with Gasteiger partial charge in [0.15, 0.2) is 0 Å². The molecule has 2 fully saturated rings. The summed E-state index contributed by atoms with van der Waals surface area (Å²) in [4.78, 5) is 31.7. The van der Waals surface area contributed by atoms with Crippen LogP contribution in [-0.2, 0) is 0 Å². The molecule has 2 aliphatic rings. The highest BCUT2D eigenvalue weighted by Crippen LogP contribution is 2.37. The van der Waals surface area contributed by atoms with E-state index in [9.17, 15) is 9.59 Å². The number of carbonyl (C=O) groups is 2. The molecule has 0 radical (unpaired) electrons. The summed E-state index contributed by atoms with van der Waals surface area (Å²) in [6.45, 7) is 0. The van der Waals surface area contributed by atoms with Gasteiger partial charge in [-0.15, -0.1) is 0 Å². The van der Waals surface area contributed by atoms with Crippen molar-refractivity contribution in [2.24, 2.45) is 0 Å². The van der Waals surface area contributed by atoms with E-state index in [1.165, 1.54) is 0 Å². The molecule has 0 spiro atoms. The summed E-state index contributed by atoms with van der Waals surface area (Å²) in [6.07, 6.45) is 6.67. The van der Waals surface area contributed by atoms with Gasteiger partial charge in [0, 0.05) is 47.7 Å². The molecular weight excluding hydrogens is 370 g/mol. The lowest BCUT2D eigenvalue weighted by molar-refractivity contribution is 0.0549. The molecule has 7 nitrogen and oxygen atoms in total. The Hall–Kier alpha value is -3.09. The van der Waals surface area contributed by atoms with Gasteiger partial charge >= 0.3 is 0 Å². The van der Waals surface area contributed by atoms with Crippen LogP contribution in [0.3, 0.4) is 0 Å². The van der Waals surface area contributed by atoms with Crippen LogP contribution in [0.2, 0.25) is 0 Å². The van der Waals surface area contributed by atoms with Gasteiger partial charge < -0.3 is 19.7 Å². The van der Waals surface area contributed by atoms with Gasteiger partial charge in [0.05, 0.1) is 14.2 Å². The van der Waals surface area contributed by atoms with Gasteiger partial charge in [-0.1, -0.05) is 0 Å². The smallest absolute Gasteiger partial charge is 0.254 e. The molecule has 2 saturated heterocycles. The van der Waals surface area contributed by atoms with E-state index in [-0.39, 0.29) is 29.9 Å². The lowest BCUT2D eigenvalue weighted by Gasteiger charge is -2.39. The predicted molar refractivity (Wildman–Crippen MR) is 107 cm³/mol. The van der Waals surface area contributed by atoms with E-state index in [0.29, 0.717) is 22.6 Å². The number of nitrogens with zero attached hydrogens (tertiary/aromatic N) is 2. The summed E-state index contributed by atoms with van der Waals surface area (Å²) >= 11 is 0. The molecule has 2 bridgehead atoms. The van der Waals surface area contributed by atoms with Crippen molar-refractivity contribution < 1.29 is 19.1 Å². The quantitative estimate of drug-likeness (QED) is 0.842. The SMILES string of the molecule is COc1cc(OC)cc(C(=O)N2[C@@H]3CC[C@H]2CC(NC(=O)c2ccncc2)C3)c1. The summed E-state index contributed by atoms with van der Waals surface area (Å²) in [6, 6.07) is 8.99. The van der Waals surface area contributed by atoms with Crippen molar-refractivity contribution in [1.29, 1.82) is 0 Å². The van der Waals surface area contributed by atoms with E-state index >= 15 is 0 Å². The lowest BCUT2D eigenvalue weighted by Crippen LogP contribution is -2.52. The summed E-state index contributed by atoms with van der Waals surface area (Å²) in [5.41, 5.74) is 1.17. The van der Waals surface area contributed by atoms with Gasteiger partial charge in [-0.3, -0.25) is 14.6 Å². The van der Waals surface area contributed by atoms with Crippen LogP contribution < -0.4 is 14.8 Å². The highest BCUT2D eigenvalue weighted by atomic mass is 16.5. The number of hydrogen-bond acceptors (Lipinski definition) is 5. The molecule has 3 atom stereocenters. The van der Waals surface area contributed by atoms with E-state index in [1.807, 2.05) is 4.90 Å². The summed E-state index contributed by atoms with van der Waals surface area (Å²) in [7, 11) is 3.15. The van der Waals surface area contributed by atoms with E-state index in [2.05, 4.69) is 10.3 Å². The fourth-order valence-electron chi connectivity index (χ4n) is 4.48. The molecule has 7 heteroatoms. The number of pyridine rings is 1. The standard InChI is InChI=1S/C22H25N3O4/c1-28-19-9-15(10-20(13-19)29-2)22(27)25-17-3-4-18(25)12-16(11-17)24-21(26)14-5-7-23-8-6-14/h5-10,13,16-18H,3-4,11-12H2,1-2H3,(H,24,26)/t16?,17-,18+. The van der Waals surface area contributed by atoms with Crippen molar-refractivity contribution in [3.63, 3.8) is 0 Å². The molecule has 1 unspecified atom stereocenters. The zero-order valence-corrected chi connectivity index (χ0v) is 16.6. The number of benzene rings is 1. The molecule has 3 heterocycles. The van der Waals surface area contributed by atoms with Crippen molar-refractivity contribution in [2.75, 3.05) is 14.2 Å². The maximum atomic E-state index is 13.3. The van der Waals surface area contributed by atoms with Gasteiger partial charge in [0.1, 0.15) is 11.5 Å². The Labute approximate surface area is 170 Å². The number of piperidine rings is 1. The molecule has 2 aromatic rings. The van der Waals surface area contributed by atoms with Gasteiger partial charge in [0.2, 0.25) is 0 Å². The van der Waals surface area contributed by atoms with Crippen molar-refractivity contribution in [3.8, 4) is 11.5 Å². The van der Waals surface area contributed by atoms with Gasteiger partial charge in [0.25, 0.3) is 11.8 Å². The molecule has 1 aromatic heterocycles. The van der Waals surface area contributed by atoms with Crippen molar-refractivity contribution in [3.05, 3.63) is 53.9 Å². The number of aromatic nitrogens is 1. The summed E-state index contributed by atoms with van der Waals surface area (Å²) in [5, 5.41) is 3.13. The van der Waals surface area contributed by atoms with E-state index in [4.69, 9.17) is 9.47 Å². The number of fused-ring (bicyclic) bond motifs is 2. The molecule has 0 saturated carbocycles. The molecule has 4 rings (SSSR count). The third kappa shape index (κ3) is 3.90. The number of carbonyl (C=O) groups excluding carboxylic acids is 2. The summed E-state index contributed by atoms with van der Waals surface area (Å²) in [5.74, 6) is 1.10. The number of rotatable bonds is 5. The Morgan fingerprint density at radius 1 is 0.966 bits per heavy atom. The molecule has 0 aliphatic carbocycles. The normalized spacial score (nSPS) is 22.8. The Morgan fingerprint density at radius 2 is 1.55 bits per heavy atom. The molecule has 1 aromatic carbocycles. The van der Waals surface area contributed by atoms with E-state index in [0.717, 1.165) is 25.7 Å². The van der Waals surface area contributed by atoms with Crippen molar-refractivity contribution in [1.82, 2.24) is 15.2 Å². The molecule has 2 aliphatic heterocycles. The molecule has 2 amide bonds. The number of hydrogen-bond donors (Lipinski definition) is 1. The Bertz CT molecular complexity index is 866. The van der Waals surface area contributed by atoms with Crippen LogP contribution in [0.5, 0.6) is 11.5 Å². The minimum atomic E-state index is -0.0888. The van der Waals surface area contributed by atoms with Gasteiger partial charge in [-0.05, 0) is 49.9 Å². The van der Waals surface area contributed by atoms with E-state index < -0.39 is 0 Å². The van der Waals surface area contributed by atoms with Crippen LogP contribution in [0, 0.1) is 0 Å². The number of ether oxygens (including phenoxy) is 2. The second kappa shape index (κ2) is 8.11. The zero-order valence-electron chi connectivity index (χ0n) is 16.6. The highest BCUT2D eigenvalue weighted by molar-refractivity contribution is 5.96. The highest BCUT2D eigenvalue weighted by Gasteiger charge is 2.44. The van der Waals surface area contributed by atoms with Crippen LogP contribution in [0.25, 0.3) is 0 Å². The minimum Gasteiger partial charge on any atom is -0.497 e. The first kappa shape index (κ1) is 19.2. The monoisotopic (exact) mass is 395 g/mol. The van der Waals surface area contributed by atoms with Crippen LogP contribution in [0.1, 0.15) is 46.4 Å². The summed E-state index contributed by atoms with van der Waals surface area (Å²) < 4.78 is 10.6. The maximum absolute atomic E-state index is 13.3. The molecule has 1 N–H and O–H groups in total. The van der Waals surface area contributed by atoms with Crippen molar-refractivity contribution in [2.45, 2.75) is 43.8 Å². The average Bonchev–Trinajstić information content (AvgIpc) is 3.03. The lowest BCUT2D eigenvalue weighted by atomic mass is 9.96. The number of methoxy groups -OCH3 is 2. The Balaban J connectivity index is 1.47. The Morgan fingerprint density at radius 3 is 2.10 bits per heavy atom. The fourth-order valence-corrected chi connectivity index (χ4v) is 4.48. The maximum Gasteiger partial charge on any atom is 0.254 e. The number of amides is 2. The van der Waals surface area contributed by atoms with Gasteiger partial charge in [-0.2, -0.15) is 0 Å². The first-order chi connectivity index (χ1) is 14.1. The van der Waals surface area contributed by atoms with Crippen LogP contribution >= 0.6 is 0 Å². The molecule has 29 heavy (non-hydrogen) atoms. The largest absolute Gasteiger partial charge is 0.497 e. The molecule has 152 valence electrons. The van der Waals surface area contributed by atoms with Crippen LogP contribution in [0.4, 0.5) is 0 Å². The second-order valence-corrected chi connectivity index (χ2v) is 7.58. The zero-order chi connectivity index (χ0) is 20.4. The second-order valence-electron chi connectivity index (χ2n) is 7.58.